The molecule has 0 heterocycles. The number of methoxy groups -OCH3 is 1. The van der Waals surface area contributed by atoms with E-state index in [9.17, 15) is 14.0 Å². The fraction of sp³-hybridized carbons (Fsp3) is 0.250. The zero-order valence-corrected chi connectivity index (χ0v) is 9.91. The zero-order valence-electron chi connectivity index (χ0n) is 9.91. The molecule has 0 bridgehead atoms. The van der Waals surface area contributed by atoms with E-state index in [1.54, 1.807) is 6.07 Å². The van der Waals surface area contributed by atoms with Crippen LogP contribution in [-0.4, -0.2) is 19.0 Å². The summed E-state index contributed by atoms with van der Waals surface area (Å²) in [5, 5.41) is 11.0. The summed E-state index contributed by atoms with van der Waals surface area (Å²) in [6.07, 6.45) is -0.447. The van der Waals surface area contributed by atoms with Gasteiger partial charge in [0.25, 0.3) is 0 Å². The molecule has 5 nitrogen and oxygen atoms in total. The van der Waals surface area contributed by atoms with Gasteiger partial charge in [0, 0.05) is 11.3 Å². The SMILES string of the molecule is COC(=O)CC(=O)Nc1ccc(C#N)c(F)c1C. The number of carbonyl (C=O) groups excluding carboxylic acids is 2. The standard InChI is InChI=1S/C12H11FN2O3/c1-7-9(4-3-8(6-14)12(7)13)15-10(16)5-11(17)18-2/h3-4H,5H2,1-2H3,(H,15,16). The topological polar surface area (TPSA) is 79.2 Å². The zero-order chi connectivity index (χ0) is 13.7. The molecule has 0 aliphatic heterocycles. The summed E-state index contributed by atoms with van der Waals surface area (Å²) in [5.74, 6) is -1.97. The Bertz CT molecular complexity index is 535. The summed E-state index contributed by atoms with van der Waals surface area (Å²) >= 11 is 0. The van der Waals surface area contributed by atoms with Crippen molar-refractivity contribution in [3.8, 4) is 6.07 Å². The molecular formula is C12H11FN2O3. The van der Waals surface area contributed by atoms with E-state index in [1.807, 2.05) is 0 Å². The fourth-order valence-corrected chi connectivity index (χ4v) is 1.30. The summed E-state index contributed by atoms with van der Waals surface area (Å²) in [5.41, 5.74) is 0.270. The van der Waals surface area contributed by atoms with Crippen molar-refractivity contribution in [1.29, 1.82) is 5.26 Å². The number of nitriles is 1. The number of halogens is 1. The Morgan fingerprint density at radius 2 is 2.17 bits per heavy atom. The first-order valence-electron chi connectivity index (χ1n) is 5.05. The van der Waals surface area contributed by atoms with Crippen LogP contribution in [0.1, 0.15) is 17.5 Å². The number of rotatable bonds is 3. The van der Waals surface area contributed by atoms with Crippen LogP contribution in [-0.2, 0) is 14.3 Å². The van der Waals surface area contributed by atoms with Gasteiger partial charge < -0.3 is 10.1 Å². The molecule has 1 aromatic carbocycles. The van der Waals surface area contributed by atoms with Crippen LogP contribution in [0.25, 0.3) is 0 Å². The van der Waals surface area contributed by atoms with Crippen molar-refractivity contribution in [2.24, 2.45) is 0 Å². The van der Waals surface area contributed by atoms with Crippen molar-refractivity contribution in [3.63, 3.8) is 0 Å². The molecule has 0 unspecified atom stereocenters. The lowest BCUT2D eigenvalue weighted by molar-refractivity contribution is -0.142. The maximum Gasteiger partial charge on any atom is 0.315 e. The molecule has 1 rings (SSSR count). The van der Waals surface area contributed by atoms with Gasteiger partial charge in [0.15, 0.2) is 0 Å². The Labute approximate surface area is 103 Å². The average Bonchev–Trinajstić information content (AvgIpc) is 2.35. The Kier molecular flexibility index (Phi) is 4.38. The van der Waals surface area contributed by atoms with E-state index in [0.717, 1.165) is 0 Å². The van der Waals surface area contributed by atoms with Crippen LogP contribution in [0, 0.1) is 24.1 Å². The lowest BCUT2D eigenvalue weighted by Crippen LogP contribution is -2.18. The molecule has 0 radical (unpaired) electrons. The average molecular weight is 250 g/mol. The van der Waals surface area contributed by atoms with Crippen molar-refractivity contribution >= 4 is 17.6 Å². The molecule has 0 fully saturated rings. The minimum Gasteiger partial charge on any atom is -0.469 e. The third-order valence-corrected chi connectivity index (χ3v) is 2.31. The number of hydrogen-bond donors (Lipinski definition) is 1. The Morgan fingerprint density at radius 3 is 2.72 bits per heavy atom. The van der Waals surface area contributed by atoms with Crippen molar-refractivity contribution in [1.82, 2.24) is 0 Å². The molecule has 0 aliphatic carbocycles. The first-order chi connectivity index (χ1) is 8.49. The van der Waals surface area contributed by atoms with Crippen molar-refractivity contribution < 1.29 is 18.7 Å². The molecule has 0 aromatic heterocycles. The highest BCUT2D eigenvalue weighted by molar-refractivity contribution is 6.02. The minimum absolute atomic E-state index is 0.0986. The van der Waals surface area contributed by atoms with E-state index in [1.165, 1.54) is 26.2 Å². The number of amides is 1. The second-order valence-corrected chi connectivity index (χ2v) is 3.51. The van der Waals surface area contributed by atoms with Crippen molar-refractivity contribution in [2.45, 2.75) is 13.3 Å². The monoisotopic (exact) mass is 250 g/mol. The van der Waals surface area contributed by atoms with Gasteiger partial charge in [0.2, 0.25) is 5.91 Å². The third-order valence-electron chi connectivity index (χ3n) is 2.31. The number of hydrogen-bond acceptors (Lipinski definition) is 4. The number of nitrogens with zero attached hydrogens (tertiary/aromatic N) is 1. The molecule has 94 valence electrons. The van der Waals surface area contributed by atoms with Gasteiger partial charge in [-0.05, 0) is 19.1 Å². The maximum absolute atomic E-state index is 13.6. The molecule has 1 N–H and O–H groups in total. The molecule has 1 aromatic rings. The van der Waals surface area contributed by atoms with E-state index in [2.05, 4.69) is 10.1 Å². The van der Waals surface area contributed by atoms with Gasteiger partial charge in [0.1, 0.15) is 18.3 Å². The summed E-state index contributed by atoms with van der Waals surface area (Å²) in [7, 11) is 1.17. The predicted molar refractivity (Wildman–Crippen MR) is 61.1 cm³/mol. The molecule has 0 aliphatic rings. The summed E-state index contributed by atoms with van der Waals surface area (Å²) in [6.45, 7) is 1.43. The summed E-state index contributed by atoms with van der Waals surface area (Å²) < 4.78 is 17.9. The Balaban J connectivity index is 2.87. The van der Waals surface area contributed by atoms with Crippen LogP contribution < -0.4 is 5.32 Å². The van der Waals surface area contributed by atoms with Gasteiger partial charge in [0.05, 0.1) is 12.7 Å². The Morgan fingerprint density at radius 1 is 1.50 bits per heavy atom. The molecule has 0 atom stereocenters. The molecule has 6 heteroatoms. The predicted octanol–water partition coefficient (Wildman–Crippen LogP) is 1.51. The molecular weight excluding hydrogens is 239 g/mol. The summed E-state index contributed by atoms with van der Waals surface area (Å²) in [4.78, 5) is 22.3. The number of nitrogens with one attached hydrogen (secondary N) is 1. The van der Waals surface area contributed by atoms with Gasteiger partial charge in [-0.3, -0.25) is 9.59 Å². The fourth-order valence-electron chi connectivity index (χ4n) is 1.30. The highest BCUT2D eigenvalue weighted by atomic mass is 19.1. The van der Waals surface area contributed by atoms with Crippen LogP contribution in [0.15, 0.2) is 12.1 Å². The number of anilines is 1. The van der Waals surface area contributed by atoms with Gasteiger partial charge in [-0.15, -0.1) is 0 Å². The highest BCUT2D eigenvalue weighted by Crippen LogP contribution is 2.21. The lowest BCUT2D eigenvalue weighted by atomic mass is 10.1. The maximum atomic E-state index is 13.6. The first kappa shape index (κ1) is 13.6. The van der Waals surface area contributed by atoms with E-state index >= 15 is 0 Å². The molecule has 18 heavy (non-hydrogen) atoms. The van der Waals surface area contributed by atoms with Gasteiger partial charge in [-0.1, -0.05) is 0 Å². The summed E-state index contributed by atoms with van der Waals surface area (Å²) in [6, 6.07) is 4.37. The lowest BCUT2D eigenvalue weighted by Gasteiger charge is -2.09. The number of benzene rings is 1. The largest absolute Gasteiger partial charge is 0.469 e. The molecule has 0 saturated carbocycles. The minimum atomic E-state index is -0.687. The number of carbonyl (C=O) groups is 2. The molecule has 0 spiro atoms. The van der Waals surface area contributed by atoms with Gasteiger partial charge in [-0.2, -0.15) is 5.26 Å². The van der Waals surface area contributed by atoms with Crippen LogP contribution in [0.4, 0.5) is 10.1 Å². The van der Waals surface area contributed by atoms with E-state index in [4.69, 9.17) is 5.26 Å². The van der Waals surface area contributed by atoms with Gasteiger partial charge in [-0.25, -0.2) is 4.39 Å². The normalized spacial score (nSPS) is 9.44. The second kappa shape index (κ2) is 5.77. The van der Waals surface area contributed by atoms with Crippen molar-refractivity contribution in [2.75, 3.05) is 12.4 Å². The quantitative estimate of drug-likeness (QED) is 0.651. The highest BCUT2D eigenvalue weighted by Gasteiger charge is 2.14. The number of ether oxygens (including phenoxy) is 1. The van der Waals surface area contributed by atoms with Crippen LogP contribution in [0.5, 0.6) is 0 Å². The number of esters is 1. The van der Waals surface area contributed by atoms with Crippen LogP contribution in [0.3, 0.4) is 0 Å². The third kappa shape index (κ3) is 3.04. The van der Waals surface area contributed by atoms with Gasteiger partial charge >= 0.3 is 5.97 Å². The Hall–Kier alpha value is -2.42. The van der Waals surface area contributed by atoms with E-state index < -0.39 is 24.1 Å². The second-order valence-electron chi connectivity index (χ2n) is 3.51. The van der Waals surface area contributed by atoms with Crippen LogP contribution >= 0.6 is 0 Å². The smallest absolute Gasteiger partial charge is 0.315 e. The molecule has 0 saturated heterocycles. The van der Waals surface area contributed by atoms with Crippen LogP contribution in [0.2, 0.25) is 0 Å². The van der Waals surface area contributed by atoms with E-state index in [-0.39, 0.29) is 16.8 Å². The van der Waals surface area contributed by atoms with Crippen molar-refractivity contribution in [3.05, 3.63) is 29.1 Å². The first-order valence-corrected chi connectivity index (χ1v) is 5.05. The van der Waals surface area contributed by atoms with E-state index in [0.29, 0.717) is 0 Å². The molecule has 1 amide bonds.